The topological polar surface area (TPSA) is 42.4 Å². The number of carbonyl (C=O) groups is 1. The first-order valence-electron chi connectivity index (χ1n) is 7.73. The molecule has 1 fully saturated rings. The highest BCUT2D eigenvalue weighted by atomic mass is 16.6. The summed E-state index contributed by atoms with van der Waals surface area (Å²) >= 11 is 0. The number of likely N-dealkylation sites (tertiary alicyclic amines) is 1. The molecule has 0 spiro atoms. The summed E-state index contributed by atoms with van der Waals surface area (Å²) < 4.78 is 5.42. The van der Waals surface area contributed by atoms with Gasteiger partial charge in [0.25, 0.3) is 0 Å². The Hall–Kier alpha value is -1.58. The molecule has 1 aromatic heterocycles. The average Bonchev–Trinajstić information content (AvgIpc) is 2.40. The van der Waals surface area contributed by atoms with E-state index in [1.54, 1.807) is 0 Å². The average molecular weight is 290 g/mol. The SMILES string of the molecule is Cc1ccc(CC2CCN(C(=O)OC(C)(C)C)CC2)cn1. The van der Waals surface area contributed by atoms with E-state index in [0.29, 0.717) is 5.92 Å². The summed E-state index contributed by atoms with van der Waals surface area (Å²) in [5.74, 6) is 0.633. The predicted octanol–water partition coefficient (Wildman–Crippen LogP) is 3.58. The van der Waals surface area contributed by atoms with Crippen LogP contribution in [0.1, 0.15) is 44.9 Å². The fourth-order valence-corrected chi connectivity index (χ4v) is 2.60. The van der Waals surface area contributed by atoms with Gasteiger partial charge in [-0.25, -0.2) is 4.79 Å². The number of aryl methyl sites for hydroxylation is 1. The molecule has 1 saturated heterocycles. The number of amides is 1. The van der Waals surface area contributed by atoms with Gasteiger partial charge in [0.1, 0.15) is 5.60 Å². The minimum Gasteiger partial charge on any atom is -0.444 e. The minimum atomic E-state index is -0.415. The van der Waals surface area contributed by atoms with E-state index in [1.165, 1.54) is 5.56 Å². The van der Waals surface area contributed by atoms with Gasteiger partial charge < -0.3 is 9.64 Å². The van der Waals surface area contributed by atoms with Crippen LogP contribution in [0.15, 0.2) is 18.3 Å². The van der Waals surface area contributed by atoms with Crippen molar-refractivity contribution in [3.8, 4) is 0 Å². The van der Waals surface area contributed by atoms with Gasteiger partial charge in [0.05, 0.1) is 0 Å². The quantitative estimate of drug-likeness (QED) is 0.836. The maximum absolute atomic E-state index is 12.0. The van der Waals surface area contributed by atoms with Crippen LogP contribution in [0.3, 0.4) is 0 Å². The van der Waals surface area contributed by atoms with Gasteiger partial charge in [-0.2, -0.15) is 0 Å². The van der Waals surface area contributed by atoms with Crippen LogP contribution in [0.5, 0.6) is 0 Å². The van der Waals surface area contributed by atoms with Gasteiger partial charge in [-0.05, 0) is 64.5 Å². The van der Waals surface area contributed by atoms with E-state index in [0.717, 1.165) is 38.0 Å². The molecule has 0 bridgehead atoms. The Balaban J connectivity index is 1.80. The van der Waals surface area contributed by atoms with Crippen molar-refractivity contribution in [2.45, 2.75) is 52.6 Å². The van der Waals surface area contributed by atoms with Gasteiger partial charge in [-0.1, -0.05) is 6.07 Å². The number of piperidine rings is 1. The smallest absolute Gasteiger partial charge is 0.410 e. The molecular weight excluding hydrogens is 264 g/mol. The molecule has 1 aromatic rings. The summed E-state index contributed by atoms with van der Waals surface area (Å²) in [5, 5.41) is 0. The number of pyridine rings is 1. The summed E-state index contributed by atoms with van der Waals surface area (Å²) in [6, 6.07) is 4.22. The summed E-state index contributed by atoms with van der Waals surface area (Å²) in [5.41, 5.74) is 1.93. The number of hydrogen-bond acceptors (Lipinski definition) is 3. The second-order valence-corrected chi connectivity index (χ2v) is 6.92. The van der Waals surface area contributed by atoms with Crippen LogP contribution >= 0.6 is 0 Å². The molecule has 2 heterocycles. The number of aromatic nitrogens is 1. The Morgan fingerprint density at radius 3 is 2.52 bits per heavy atom. The molecule has 2 rings (SSSR count). The van der Waals surface area contributed by atoms with Gasteiger partial charge in [-0.15, -0.1) is 0 Å². The summed E-state index contributed by atoms with van der Waals surface area (Å²) in [7, 11) is 0. The predicted molar refractivity (Wildman–Crippen MR) is 83.2 cm³/mol. The molecule has 0 unspecified atom stereocenters. The summed E-state index contributed by atoms with van der Waals surface area (Å²) in [4.78, 5) is 18.2. The fourth-order valence-electron chi connectivity index (χ4n) is 2.60. The maximum Gasteiger partial charge on any atom is 0.410 e. The lowest BCUT2D eigenvalue weighted by Gasteiger charge is -2.33. The zero-order chi connectivity index (χ0) is 15.5. The van der Waals surface area contributed by atoms with Crippen LogP contribution in [-0.4, -0.2) is 34.7 Å². The van der Waals surface area contributed by atoms with Gasteiger partial charge in [0, 0.05) is 25.0 Å². The zero-order valence-electron chi connectivity index (χ0n) is 13.6. The lowest BCUT2D eigenvalue weighted by Crippen LogP contribution is -2.42. The molecule has 116 valence electrons. The number of rotatable bonds is 2. The van der Waals surface area contributed by atoms with Crippen LogP contribution in [0.2, 0.25) is 0 Å². The number of hydrogen-bond donors (Lipinski definition) is 0. The van der Waals surface area contributed by atoms with E-state index in [2.05, 4.69) is 17.1 Å². The first-order valence-corrected chi connectivity index (χ1v) is 7.73. The van der Waals surface area contributed by atoms with E-state index < -0.39 is 5.60 Å². The van der Waals surface area contributed by atoms with Crippen LogP contribution < -0.4 is 0 Å². The van der Waals surface area contributed by atoms with Crippen LogP contribution in [0, 0.1) is 12.8 Å². The van der Waals surface area contributed by atoms with E-state index in [9.17, 15) is 4.79 Å². The van der Waals surface area contributed by atoms with Crippen molar-refractivity contribution in [2.24, 2.45) is 5.92 Å². The molecule has 1 aliphatic heterocycles. The Kier molecular flexibility index (Phi) is 4.86. The molecule has 0 saturated carbocycles. The van der Waals surface area contributed by atoms with E-state index in [4.69, 9.17) is 4.74 Å². The number of ether oxygens (including phenoxy) is 1. The van der Waals surface area contributed by atoms with Crippen LogP contribution in [0.4, 0.5) is 4.79 Å². The molecule has 0 aromatic carbocycles. The highest BCUT2D eigenvalue weighted by molar-refractivity contribution is 5.68. The lowest BCUT2D eigenvalue weighted by atomic mass is 9.91. The molecule has 0 aliphatic carbocycles. The second kappa shape index (κ2) is 6.46. The zero-order valence-corrected chi connectivity index (χ0v) is 13.6. The first kappa shape index (κ1) is 15.8. The molecule has 0 atom stereocenters. The van der Waals surface area contributed by atoms with E-state index in [1.807, 2.05) is 38.8 Å². The van der Waals surface area contributed by atoms with Gasteiger partial charge in [-0.3, -0.25) is 4.98 Å². The van der Waals surface area contributed by atoms with Crippen molar-refractivity contribution in [1.29, 1.82) is 0 Å². The Morgan fingerprint density at radius 1 is 1.33 bits per heavy atom. The molecular formula is C17H26N2O2. The maximum atomic E-state index is 12.0. The largest absolute Gasteiger partial charge is 0.444 e. The monoisotopic (exact) mass is 290 g/mol. The highest BCUT2D eigenvalue weighted by Gasteiger charge is 2.26. The lowest BCUT2D eigenvalue weighted by molar-refractivity contribution is 0.0184. The molecule has 1 amide bonds. The third-order valence-electron chi connectivity index (χ3n) is 3.76. The first-order chi connectivity index (χ1) is 9.83. The minimum absolute atomic E-state index is 0.182. The standard InChI is InChI=1S/C17H26N2O2/c1-13-5-6-15(12-18-13)11-14-7-9-19(10-8-14)16(20)21-17(2,3)4/h5-6,12,14H,7-11H2,1-4H3. The van der Waals surface area contributed by atoms with Crippen LogP contribution in [-0.2, 0) is 11.2 Å². The molecule has 4 nitrogen and oxygen atoms in total. The normalized spacial score (nSPS) is 16.9. The van der Waals surface area contributed by atoms with Gasteiger partial charge >= 0.3 is 6.09 Å². The fraction of sp³-hybridized carbons (Fsp3) is 0.647. The second-order valence-electron chi connectivity index (χ2n) is 6.92. The molecule has 1 aliphatic rings. The molecule has 0 radical (unpaired) electrons. The van der Waals surface area contributed by atoms with Crippen molar-refractivity contribution in [3.05, 3.63) is 29.6 Å². The van der Waals surface area contributed by atoms with Crippen LogP contribution in [0.25, 0.3) is 0 Å². The number of carbonyl (C=O) groups excluding carboxylic acids is 1. The Labute approximate surface area is 127 Å². The summed E-state index contributed by atoms with van der Waals surface area (Å²) in [6.07, 6.45) is 4.91. The van der Waals surface area contributed by atoms with Crippen molar-refractivity contribution in [3.63, 3.8) is 0 Å². The molecule has 0 N–H and O–H groups in total. The van der Waals surface area contributed by atoms with E-state index in [-0.39, 0.29) is 6.09 Å². The Morgan fingerprint density at radius 2 is 2.00 bits per heavy atom. The molecule has 4 heteroatoms. The van der Waals surface area contributed by atoms with E-state index >= 15 is 0 Å². The van der Waals surface area contributed by atoms with Crippen molar-refractivity contribution >= 4 is 6.09 Å². The Bertz CT molecular complexity index is 469. The van der Waals surface area contributed by atoms with Crippen molar-refractivity contribution < 1.29 is 9.53 Å². The molecule has 21 heavy (non-hydrogen) atoms. The van der Waals surface area contributed by atoms with Gasteiger partial charge in [0.2, 0.25) is 0 Å². The number of nitrogens with zero attached hydrogens (tertiary/aromatic N) is 2. The highest BCUT2D eigenvalue weighted by Crippen LogP contribution is 2.23. The van der Waals surface area contributed by atoms with Crippen molar-refractivity contribution in [1.82, 2.24) is 9.88 Å². The van der Waals surface area contributed by atoms with Gasteiger partial charge in [0.15, 0.2) is 0 Å². The summed E-state index contributed by atoms with van der Waals surface area (Å²) in [6.45, 7) is 9.30. The third-order valence-corrected chi connectivity index (χ3v) is 3.76. The third kappa shape index (κ3) is 5.03. The van der Waals surface area contributed by atoms with Crippen molar-refractivity contribution in [2.75, 3.05) is 13.1 Å².